The Morgan fingerprint density at radius 1 is 1.13 bits per heavy atom. The molecular weight excluding hydrogens is 314 g/mol. The largest absolute Gasteiger partial charge is 0.334 e. The van der Waals surface area contributed by atoms with Gasteiger partial charge in [0.2, 0.25) is 0 Å². The van der Waals surface area contributed by atoms with Gasteiger partial charge in [0.1, 0.15) is 10.7 Å². The molecule has 0 saturated heterocycles. The van der Waals surface area contributed by atoms with Gasteiger partial charge in [-0.1, -0.05) is 48.0 Å². The van der Waals surface area contributed by atoms with Crippen molar-refractivity contribution < 1.29 is 4.79 Å². The van der Waals surface area contributed by atoms with E-state index in [0.717, 1.165) is 5.56 Å². The van der Waals surface area contributed by atoms with Gasteiger partial charge in [0, 0.05) is 12.7 Å². The minimum atomic E-state index is -0.380. The Balaban J connectivity index is 1.64. The smallest absolute Gasteiger partial charge is 0.320 e. The van der Waals surface area contributed by atoms with Crippen molar-refractivity contribution in [3.8, 4) is 11.4 Å². The average molecular weight is 328 g/mol. The summed E-state index contributed by atoms with van der Waals surface area (Å²) in [7, 11) is 0. The second kappa shape index (κ2) is 6.93. The molecule has 0 atom stereocenters. The third-order valence-electron chi connectivity index (χ3n) is 3.16. The number of aromatic nitrogens is 3. The summed E-state index contributed by atoms with van der Waals surface area (Å²) in [6.45, 7) is 0.418. The summed E-state index contributed by atoms with van der Waals surface area (Å²) in [5.74, 6) is 0.262. The van der Waals surface area contributed by atoms with Gasteiger partial charge < -0.3 is 5.32 Å². The molecular formula is C16H14ClN5O. The summed E-state index contributed by atoms with van der Waals surface area (Å²) in [6, 6.07) is 14.7. The fourth-order valence-corrected chi connectivity index (χ4v) is 2.25. The first-order valence-corrected chi connectivity index (χ1v) is 7.36. The molecule has 2 aromatic heterocycles. The van der Waals surface area contributed by atoms with Crippen LogP contribution in [0.25, 0.3) is 11.4 Å². The standard InChI is InChI=1S/C16H14ClN5O/c17-13-14(12-8-4-5-9-18-12)21-22-15(13)20-16(23)19-10-11-6-2-1-3-7-11/h1-9H,10H2,(H3,19,20,21,22,23). The fraction of sp³-hybridized carbons (Fsp3) is 0.0625. The number of rotatable bonds is 4. The summed E-state index contributed by atoms with van der Waals surface area (Å²) in [5, 5.41) is 12.5. The van der Waals surface area contributed by atoms with Gasteiger partial charge in [-0.2, -0.15) is 5.10 Å². The molecule has 0 radical (unpaired) electrons. The molecule has 0 bridgehead atoms. The van der Waals surface area contributed by atoms with E-state index in [1.807, 2.05) is 42.5 Å². The zero-order valence-corrected chi connectivity index (χ0v) is 12.8. The van der Waals surface area contributed by atoms with E-state index in [1.165, 1.54) is 0 Å². The molecule has 7 heteroatoms. The average Bonchev–Trinajstić information content (AvgIpc) is 2.95. The molecule has 23 heavy (non-hydrogen) atoms. The Labute approximate surface area is 137 Å². The first kappa shape index (κ1) is 15.1. The quantitative estimate of drug-likeness (QED) is 0.686. The van der Waals surface area contributed by atoms with E-state index in [2.05, 4.69) is 25.8 Å². The number of benzene rings is 1. The van der Waals surface area contributed by atoms with Crippen molar-refractivity contribution in [1.82, 2.24) is 20.5 Å². The molecule has 3 rings (SSSR count). The molecule has 116 valence electrons. The van der Waals surface area contributed by atoms with Crippen LogP contribution in [0.3, 0.4) is 0 Å². The van der Waals surface area contributed by atoms with Crippen LogP contribution in [0.1, 0.15) is 5.56 Å². The number of carbonyl (C=O) groups is 1. The van der Waals surface area contributed by atoms with Gasteiger partial charge in [0.05, 0.1) is 5.69 Å². The van der Waals surface area contributed by atoms with Gasteiger partial charge in [-0.25, -0.2) is 4.79 Å². The highest BCUT2D eigenvalue weighted by Gasteiger charge is 2.15. The Hall–Kier alpha value is -2.86. The van der Waals surface area contributed by atoms with Gasteiger partial charge in [-0.3, -0.25) is 15.4 Å². The maximum Gasteiger partial charge on any atom is 0.320 e. The van der Waals surface area contributed by atoms with E-state index in [0.29, 0.717) is 23.0 Å². The zero-order valence-electron chi connectivity index (χ0n) is 12.1. The fourth-order valence-electron chi connectivity index (χ4n) is 2.02. The number of nitrogens with one attached hydrogen (secondary N) is 3. The number of anilines is 1. The van der Waals surface area contributed by atoms with E-state index in [9.17, 15) is 4.79 Å². The van der Waals surface area contributed by atoms with Crippen LogP contribution in [0.5, 0.6) is 0 Å². The van der Waals surface area contributed by atoms with Gasteiger partial charge in [-0.15, -0.1) is 0 Å². The Bertz CT molecular complexity index is 789. The van der Waals surface area contributed by atoms with Crippen LogP contribution in [0.4, 0.5) is 10.6 Å². The molecule has 0 aliphatic rings. The number of hydrogen-bond donors (Lipinski definition) is 3. The van der Waals surface area contributed by atoms with Crippen LogP contribution in [-0.2, 0) is 6.54 Å². The second-order valence-electron chi connectivity index (χ2n) is 4.77. The van der Waals surface area contributed by atoms with Crippen molar-refractivity contribution in [2.24, 2.45) is 0 Å². The van der Waals surface area contributed by atoms with Crippen molar-refractivity contribution in [1.29, 1.82) is 0 Å². The molecule has 0 fully saturated rings. The van der Waals surface area contributed by atoms with Crippen molar-refractivity contribution in [3.63, 3.8) is 0 Å². The SMILES string of the molecule is O=C(NCc1ccccc1)Nc1n[nH]c(-c2ccccn2)c1Cl. The number of halogens is 1. The maximum atomic E-state index is 11.9. The highest BCUT2D eigenvalue weighted by Crippen LogP contribution is 2.29. The Morgan fingerprint density at radius 3 is 2.65 bits per heavy atom. The van der Waals surface area contributed by atoms with E-state index in [1.54, 1.807) is 12.3 Å². The van der Waals surface area contributed by atoms with E-state index in [4.69, 9.17) is 11.6 Å². The van der Waals surface area contributed by atoms with E-state index in [-0.39, 0.29) is 11.8 Å². The Morgan fingerprint density at radius 2 is 1.91 bits per heavy atom. The summed E-state index contributed by atoms with van der Waals surface area (Å²) in [4.78, 5) is 16.1. The lowest BCUT2D eigenvalue weighted by Crippen LogP contribution is -2.28. The predicted molar refractivity (Wildman–Crippen MR) is 89.1 cm³/mol. The molecule has 6 nitrogen and oxygen atoms in total. The number of amides is 2. The van der Waals surface area contributed by atoms with Gasteiger partial charge in [0.25, 0.3) is 0 Å². The van der Waals surface area contributed by atoms with Gasteiger partial charge >= 0.3 is 6.03 Å². The first-order valence-electron chi connectivity index (χ1n) is 6.98. The highest BCUT2D eigenvalue weighted by molar-refractivity contribution is 6.35. The molecule has 0 spiro atoms. The lowest BCUT2D eigenvalue weighted by atomic mass is 10.2. The monoisotopic (exact) mass is 327 g/mol. The zero-order chi connectivity index (χ0) is 16.1. The van der Waals surface area contributed by atoms with Gasteiger partial charge in [-0.05, 0) is 17.7 Å². The maximum absolute atomic E-state index is 11.9. The molecule has 3 aromatic rings. The van der Waals surface area contributed by atoms with E-state index >= 15 is 0 Å². The summed E-state index contributed by atoms with van der Waals surface area (Å²) in [6.07, 6.45) is 1.66. The first-order chi connectivity index (χ1) is 11.2. The molecule has 0 aliphatic carbocycles. The van der Waals surface area contributed by atoms with Crippen molar-refractivity contribution >= 4 is 23.4 Å². The normalized spacial score (nSPS) is 10.3. The minimum Gasteiger partial charge on any atom is -0.334 e. The Kier molecular flexibility index (Phi) is 4.54. The number of nitrogens with zero attached hydrogens (tertiary/aromatic N) is 2. The topological polar surface area (TPSA) is 82.7 Å². The lowest BCUT2D eigenvalue weighted by Gasteiger charge is -2.06. The van der Waals surface area contributed by atoms with Crippen LogP contribution >= 0.6 is 11.6 Å². The van der Waals surface area contributed by atoms with Crippen LogP contribution < -0.4 is 10.6 Å². The van der Waals surface area contributed by atoms with Crippen molar-refractivity contribution in [2.75, 3.05) is 5.32 Å². The van der Waals surface area contributed by atoms with Crippen LogP contribution in [-0.4, -0.2) is 21.2 Å². The van der Waals surface area contributed by atoms with Gasteiger partial charge in [0.15, 0.2) is 5.82 Å². The number of carbonyl (C=O) groups excluding carboxylic acids is 1. The molecule has 3 N–H and O–H groups in total. The van der Waals surface area contributed by atoms with Crippen molar-refractivity contribution in [3.05, 3.63) is 65.3 Å². The molecule has 1 aromatic carbocycles. The third-order valence-corrected chi connectivity index (χ3v) is 3.52. The number of urea groups is 1. The highest BCUT2D eigenvalue weighted by atomic mass is 35.5. The number of H-pyrrole nitrogens is 1. The summed E-state index contributed by atoms with van der Waals surface area (Å²) in [5.41, 5.74) is 2.22. The predicted octanol–water partition coefficient (Wildman–Crippen LogP) is 3.45. The summed E-state index contributed by atoms with van der Waals surface area (Å²) >= 11 is 6.24. The van der Waals surface area contributed by atoms with Crippen LogP contribution in [0, 0.1) is 0 Å². The van der Waals surface area contributed by atoms with Crippen LogP contribution in [0.2, 0.25) is 5.02 Å². The third kappa shape index (κ3) is 3.67. The molecule has 2 amide bonds. The number of aromatic amines is 1. The molecule has 0 saturated carbocycles. The molecule has 0 aliphatic heterocycles. The van der Waals surface area contributed by atoms with Crippen molar-refractivity contribution in [2.45, 2.75) is 6.54 Å². The minimum absolute atomic E-state index is 0.262. The lowest BCUT2D eigenvalue weighted by molar-refractivity contribution is 0.251. The number of pyridine rings is 1. The number of hydrogen-bond acceptors (Lipinski definition) is 3. The summed E-state index contributed by atoms with van der Waals surface area (Å²) < 4.78 is 0. The molecule has 2 heterocycles. The van der Waals surface area contributed by atoms with E-state index < -0.39 is 0 Å². The molecule has 0 unspecified atom stereocenters. The van der Waals surface area contributed by atoms with Crippen LogP contribution in [0.15, 0.2) is 54.7 Å². The second-order valence-corrected chi connectivity index (χ2v) is 5.15.